The molecule has 0 aliphatic heterocycles. The monoisotopic (exact) mass is 445 g/mol. The van der Waals surface area contributed by atoms with Crippen molar-refractivity contribution < 1.29 is 22.9 Å². The topological polar surface area (TPSA) is 70.6 Å². The smallest absolute Gasteiger partial charge is 0.338 e. The molecular formula is C21H36FNO4SSi. The summed E-state index contributed by atoms with van der Waals surface area (Å²) in [5.74, 6) is -1.13. The second-order valence-corrected chi connectivity index (χ2v) is 16.4. The SMILES string of the molecule is CCOC(=O)c1ccc(C(CO[Si](C)(C)C(C)(C)C)N[S@@+]([O-])C(C)(C)C)c(F)c1. The zero-order valence-corrected chi connectivity index (χ0v) is 21.0. The highest BCUT2D eigenvalue weighted by atomic mass is 32.2. The van der Waals surface area contributed by atoms with Crippen LogP contribution in [0.4, 0.5) is 4.39 Å². The van der Waals surface area contributed by atoms with Crippen LogP contribution in [-0.4, -0.2) is 36.8 Å². The van der Waals surface area contributed by atoms with Gasteiger partial charge in [0.25, 0.3) is 0 Å². The normalized spacial score (nSPS) is 15.1. The largest absolute Gasteiger partial charge is 0.598 e. The summed E-state index contributed by atoms with van der Waals surface area (Å²) >= 11 is -1.42. The second kappa shape index (κ2) is 9.92. The lowest BCUT2D eigenvalue weighted by molar-refractivity contribution is 0.0525. The fourth-order valence-electron chi connectivity index (χ4n) is 2.15. The quantitative estimate of drug-likeness (QED) is 0.342. The molecule has 0 saturated heterocycles. The molecule has 2 atom stereocenters. The maximum atomic E-state index is 14.9. The van der Waals surface area contributed by atoms with E-state index in [1.807, 2.05) is 20.8 Å². The highest BCUT2D eigenvalue weighted by Crippen LogP contribution is 2.37. The van der Waals surface area contributed by atoms with E-state index >= 15 is 0 Å². The Balaban J connectivity index is 3.18. The Morgan fingerprint density at radius 1 is 1.24 bits per heavy atom. The van der Waals surface area contributed by atoms with E-state index in [0.717, 1.165) is 6.07 Å². The lowest BCUT2D eigenvalue weighted by atomic mass is 10.1. The number of benzene rings is 1. The molecule has 0 amide bonds. The molecule has 0 aliphatic rings. The predicted octanol–water partition coefficient (Wildman–Crippen LogP) is 5.12. The Labute approximate surface area is 179 Å². The molecule has 1 aromatic carbocycles. The summed E-state index contributed by atoms with van der Waals surface area (Å²) in [5.41, 5.74) is 0.462. The van der Waals surface area contributed by atoms with Gasteiger partial charge in [-0.1, -0.05) is 26.8 Å². The van der Waals surface area contributed by atoms with Gasteiger partial charge < -0.3 is 13.7 Å². The number of esters is 1. The van der Waals surface area contributed by atoms with Crippen LogP contribution in [-0.2, 0) is 20.5 Å². The van der Waals surface area contributed by atoms with Crippen molar-refractivity contribution in [3.05, 3.63) is 35.1 Å². The molecule has 0 spiro atoms. The average molecular weight is 446 g/mol. The van der Waals surface area contributed by atoms with Gasteiger partial charge in [-0.2, -0.15) is 0 Å². The number of ether oxygens (including phenoxy) is 1. The van der Waals surface area contributed by atoms with Crippen LogP contribution in [0.15, 0.2) is 18.2 Å². The van der Waals surface area contributed by atoms with E-state index in [2.05, 4.69) is 38.6 Å². The summed E-state index contributed by atoms with van der Waals surface area (Å²) in [4.78, 5) is 11.9. The molecule has 166 valence electrons. The first kappa shape index (κ1) is 26.1. The van der Waals surface area contributed by atoms with Crippen molar-refractivity contribution in [2.45, 2.75) is 77.4 Å². The first-order valence-electron chi connectivity index (χ1n) is 9.88. The Kier molecular flexibility index (Phi) is 8.93. The van der Waals surface area contributed by atoms with Gasteiger partial charge in [0.15, 0.2) is 8.32 Å². The maximum Gasteiger partial charge on any atom is 0.338 e. The first-order valence-corrected chi connectivity index (χ1v) is 13.9. The maximum absolute atomic E-state index is 14.9. The standard InChI is InChI=1S/C21H36FNO4SSi/c1-10-26-19(24)15-11-12-16(17(22)13-15)18(23-28(25)20(2,3)4)14-27-29(8,9)21(5,6)7/h11-13,18,23H,10,14H2,1-9H3/t18?,28-/m0/s1. The number of hydrogen-bond acceptors (Lipinski definition) is 5. The molecule has 0 aliphatic carbocycles. The molecule has 5 nitrogen and oxygen atoms in total. The van der Waals surface area contributed by atoms with Gasteiger partial charge in [0.05, 0.1) is 18.8 Å². The van der Waals surface area contributed by atoms with Crippen LogP contribution < -0.4 is 4.72 Å². The zero-order valence-electron chi connectivity index (χ0n) is 19.1. The van der Waals surface area contributed by atoms with E-state index < -0.39 is 42.3 Å². The number of nitrogens with one attached hydrogen (secondary N) is 1. The molecule has 0 heterocycles. The van der Waals surface area contributed by atoms with Crippen LogP contribution in [0.25, 0.3) is 0 Å². The molecule has 0 bridgehead atoms. The molecule has 0 radical (unpaired) electrons. The minimum absolute atomic E-state index is 0.00690. The number of rotatable bonds is 8. The third kappa shape index (κ3) is 7.36. The predicted molar refractivity (Wildman–Crippen MR) is 119 cm³/mol. The van der Waals surface area contributed by atoms with Crippen molar-refractivity contribution in [3.63, 3.8) is 0 Å². The molecule has 1 unspecified atom stereocenters. The number of carbonyl (C=O) groups is 1. The first-order chi connectivity index (χ1) is 13.1. The Bertz CT molecular complexity index is 701. The molecule has 0 aromatic heterocycles. The number of carbonyl (C=O) groups excluding carboxylic acids is 1. The van der Waals surface area contributed by atoms with Crippen molar-refractivity contribution >= 4 is 25.6 Å². The van der Waals surface area contributed by atoms with Crippen molar-refractivity contribution in [1.29, 1.82) is 0 Å². The summed E-state index contributed by atoms with van der Waals surface area (Å²) in [6, 6.07) is 3.61. The van der Waals surface area contributed by atoms with Gasteiger partial charge in [-0.15, -0.1) is 4.72 Å². The number of halogens is 1. The van der Waals surface area contributed by atoms with Crippen molar-refractivity contribution in [2.24, 2.45) is 0 Å². The molecule has 8 heteroatoms. The van der Waals surface area contributed by atoms with E-state index in [4.69, 9.17) is 9.16 Å². The Morgan fingerprint density at radius 2 is 1.83 bits per heavy atom. The van der Waals surface area contributed by atoms with Crippen molar-refractivity contribution in [2.75, 3.05) is 13.2 Å². The summed E-state index contributed by atoms with van der Waals surface area (Å²) in [6.07, 6.45) is 0. The summed E-state index contributed by atoms with van der Waals surface area (Å²) in [7, 11) is -2.09. The van der Waals surface area contributed by atoms with E-state index in [0.29, 0.717) is 5.56 Å². The van der Waals surface area contributed by atoms with E-state index in [9.17, 15) is 13.7 Å². The van der Waals surface area contributed by atoms with Gasteiger partial charge in [0.2, 0.25) is 0 Å². The Hall–Kier alpha value is -0.933. The van der Waals surface area contributed by atoms with Gasteiger partial charge in [0.1, 0.15) is 16.6 Å². The van der Waals surface area contributed by atoms with E-state index in [1.165, 1.54) is 12.1 Å². The summed E-state index contributed by atoms with van der Waals surface area (Å²) < 4.78 is 41.3. The molecule has 1 rings (SSSR count). The zero-order chi connectivity index (χ0) is 22.6. The molecule has 1 aromatic rings. The molecule has 1 N–H and O–H groups in total. The van der Waals surface area contributed by atoms with Crippen LogP contribution >= 0.6 is 0 Å². The van der Waals surface area contributed by atoms with Gasteiger partial charge in [0, 0.05) is 16.9 Å². The fraction of sp³-hybridized carbons (Fsp3) is 0.667. The lowest BCUT2D eigenvalue weighted by Crippen LogP contribution is -2.46. The highest BCUT2D eigenvalue weighted by molar-refractivity contribution is 7.90. The minimum Gasteiger partial charge on any atom is -0.598 e. The van der Waals surface area contributed by atoms with Gasteiger partial charge in [-0.3, -0.25) is 0 Å². The van der Waals surface area contributed by atoms with Crippen molar-refractivity contribution in [1.82, 2.24) is 4.72 Å². The molecule has 29 heavy (non-hydrogen) atoms. The molecule has 0 fully saturated rings. The second-order valence-electron chi connectivity index (χ2n) is 9.58. The third-order valence-electron chi connectivity index (χ3n) is 5.11. The molecule has 0 saturated carbocycles. The minimum atomic E-state index is -2.09. The average Bonchev–Trinajstić information content (AvgIpc) is 2.56. The van der Waals surface area contributed by atoms with Crippen LogP contribution in [0.1, 0.15) is 70.4 Å². The van der Waals surface area contributed by atoms with Crippen LogP contribution in [0.3, 0.4) is 0 Å². The highest BCUT2D eigenvalue weighted by Gasteiger charge is 2.39. The molecular weight excluding hydrogens is 409 g/mol. The van der Waals surface area contributed by atoms with E-state index in [1.54, 1.807) is 6.92 Å². The van der Waals surface area contributed by atoms with Gasteiger partial charge in [-0.05, 0) is 58.0 Å². The van der Waals surface area contributed by atoms with Crippen LogP contribution in [0.5, 0.6) is 0 Å². The van der Waals surface area contributed by atoms with Gasteiger partial charge in [-0.25, -0.2) is 9.18 Å². The fourth-order valence-corrected chi connectivity index (χ4v) is 3.98. The van der Waals surface area contributed by atoms with Crippen LogP contribution in [0.2, 0.25) is 18.1 Å². The summed E-state index contributed by atoms with van der Waals surface area (Å²) in [6.45, 7) is 18.3. The summed E-state index contributed by atoms with van der Waals surface area (Å²) in [5, 5.41) is -0.00690. The van der Waals surface area contributed by atoms with Gasteiger partial charge >= 0.3 is 5.97 Å². The Morgan fingerprint density at radius 3 is 2.28 bits per heavy atom. The lowest BCUT2D eigenvalue weighted by Gasteiger charge is -2.37. The van der Waals surface area contributed by atoms with Crippen LogP contribution in [0, 0.1) is 5.82 Å². The van der Waals surface area contributed by atoms with E-state index in [-0.39, 0.29) is 23.8 Å². The third-order valence-corrected chi connectivity index (χ3v) is 11.2. The van der Waals surface area contributed by atoms with Crippen molar-refractivity contribution in [3.8, 4) is 0 Å². The number of hydrogen-bond donors (Lipinski definition) is 1.